The molecule has 0 bridgehead atoms. The lowest BCUT2D eigenvalue weighted by Crippen LogP contribution is -2.05. The van der Waals surface area contributed by atoms with E-state index < -0.39 is 11.7 Å². The second kappa shape index (κ2) is 4.74. The summed E-state index contributed by atoms with van der Waals surface area (Å²) >= 11 is 1.52. The minimum Gasteiger partial charge on any atom is -0.326 e. The van der Waals surface area contributed by atoms with Crippen LogP contribution in [0.25, 0.3) is 11.1 Å². The van der Waals surface area contributed by atoms with Gasteiger partial charge >= 0.3 is 6.18 Å². The zero-order valence-corrected chi connectivity index (χ0v) is 10.5. The van der Waals surface area contributed by atoms with Gasteiger partial charge in [0.05, 0.1) is 5.56 Å². The van der Waals surface area contributed by atoms with Gasteiger partial charge in [0.25, 0.3) is 0 Å². The van der Waals surface area contributed by atoms with Crippen LogP contribution < -0.4 is 5.73 Å². The summed E-state index contributed by atoms with van der Waals surface area (Å²) in [6, 6.07) is 5.69. The first kappa shape index (κ1) is 13.1. The van der Waals surface area contributed by atoms with Crippen molar-refractivity contribution in [3.63, 3.8) is 0 Å². The van der Waals surface area contributed by atoms with Crippen molar-refractivity contribution in [2.24, 2.45) is 5.73 Å². The Balaban J connectivity index is 2.48. The van der Waals surface area contributed by atoms with Crippen LogP contribution in [-0.4, -0.2) is 0 Å². The summed E-state index contributed by atoms with van der Waals surface area (Å²) in [5.74, 6) is 0. The van der Waals surface area contributed by atoms with E-state index in [1.807, 2.05) is 11.4 Å². The molecule has 0 amide bonds. The molecule has 1 aromatic carbocycles. The number of halogens is 3. The Morgan fingerprint density at radius 3 is 2.44 bits per heavy atom. The summed E-state index contributed by atoms with van der Waals surface area (Å²) in [5, 5.41) is 1.90. The molecule has 0 unspecified atom stereocenters. The Hall–Kier alpha value is -1.33. The van der Waals surface area contributed by atoms with Crippen molar-refractivity contribution >= 4 is 11.3 Å². The summed E-state index contributed by atoms with van der Waals surface area (Å²) in [5.41, 5.74) is 7.34. The summed E-state index contributed by atoms with van der Waals surface area (Å²) < 4.78 is 37.7. The predicted octanol–water partition coefficient (Wildman–Crippen LogP) is 4.20. The van der Waals surface area contributed by atoms with E-state index >= 15 is 0 Å². The molecule has 0 radical (unpaired) electrons. The summed E-state index contributed by atoms with van der Waals surface area (Å²) in [6.07, 6.45) is -4.30. The predicted molar refractivity (Wildman–Crippen MR) is 67.4 cm³/mol. The molecule has 0 spiro atoms. The molecular formula is C13H12F3NS. The van der Waals surface area contributed by atoms with Crippen LogP contribution >= 0.6 is 11.3 Å². The van der Waals surface area contributed by atoms with Crippen molar-refractivity contribution in [1.82, 2.24) is 0 Å². The first-order chi connectivity index (χ1) is 8.43. The molecule has 1 aromatic heterocycles. The number of thiophene rings is 1. The maximum absolute atomic E-state index is 12.6. The lowest BCUT2D eigenvalue weighted by Gasteiger charge is -2.11. The van der Waals surface area contributed by atoms with Gasteiger partial charge in [0.2, 0.25) is 0 Å². The van der Waals surface area contributed by atoms with E-state index in [1.54, 1.807) is 6.92 Å². The molecule has 0 aliphatic rings. The molecule has 0 fully saturated rings. The minimum absolute atomic E-state index is 0.396. The zero-order chi connectivity index (χ0) is 13.3. The number of benzene rings is 1. The SMILES string of the molecule is Cc1cc(C(F)(F)F)ccc1-c1ccsc1CN. The molecular weight excluding hydrogens is 259 g/mol. The van der Waals surface area contributed by atoms with Gasteiger partial charge in [-0.2, -0.15) is 13.2 Å². The van der Waals surface area contributed by atoms with E-state index in [1.165, 1.54) is 23.5 Å². The molecule has 0 saturated carbocycles. The Morgan fingerprint density at radius 2 is 1.89 bits per heavy atom. The highest BCUT2D eigenvalue weighted by Gasteiger charge is 2.30. The Labute approximate surface area is 107 Å². The van der Waals surface area contributed by atoms with Crippen molar-refractivity contribution in [2.45, 2.75) is 19.6 Å². The molecule has 5 heteroatoms. The van der Waals surface area contributed by atoms with Crippen LogP contribution in [0.3, 0.4) is 0 Å². The van der Waals surface area contributed by atoms with Crippen molar-refractivity contribution in [2.75, 3.05) is 0 Å². The lowest BCUT2D eigenvalue weighted by atomic mass is 9.98. The fourth-order valence-electron chi connectivity index (χ4n) is 1.88. The number of hydrogen-bond acceptors (Lipinski definition) is 2. The smallest absolute Gasteiger partial charge is 0.326 e. The average molecular weight is 271 g/mol. The Kier molecular flexibility index (Phi) is 3.45. The molecule has 0 aliphatic carbocycles. The second-order valence-corrected chi connectivity index (χ2v) is 4.99. The second-order valence-electron chi connectivity index (χ2n) is 3.99. The topological polar surface area (TPSA) is 26.0 Å². The van der Waals surface area contributed by atoms with Crippen LogP contribution in [0.5, 0.6) is 0 Å². The third-order valence-electron chi connectivity index (χ3n) is 2.77. The van der Waals surface area contributed by atoms with E-state index in [9.17, 15) is 13.2 Å². The third-order valence-corrected chi connectivity index (χ3v) is 3.72. The van der Waals surface area contributed by atoms with E-state index in [4.69, 9.17) is 5.73 Å². The molecule has 18 heavy (non-hydrogen) atoms. The monoisotopic (exact) mass is 271 g/mol. The van der Waals surface area contributed by atoms with Crippen molar-refractivity contribution < 1.29 is 13.2 Å². The molecule has 2 N–H and O–H groups in total. The van der Waals surface area contributed by atoms with E-state index in [-0.39, 0.29) is 0 Å². The van der Waals surface area contributed by atoms with Crippen LogP contribution in [0, 0.1) is 6.92 Å². The van der Waals surface area contributed by atoms with Gasteiger partial charge in [-0.25, -0.2) is 0 Å². The highest BCUT2D eigenvalue weighted by atomic mass is 32.1. The minimum atomic E-state index is -4.30. The quantitative estimate of drug-likeness (QED) is 0.870. The molecule has 0 aliphatic heterocycles. The average Bonchev–Trinajstić information content (AvgIpc) is 2.75. The zero-order valence-electron chi connectivity index (χ0n) is 9.71. The number of rotatable bonds is 2. The van der Waals surface area contributed by atoms with Gasteiger partial charge in [-0.1, -0.05) is 6.07 Å². The van der Waals surface area contributed by atoms with Crippen molar-refractivity contribution in [3.8, 4) is 11.1 Å². The molecule has 2 rings (SSSR count). The maximum Gasteiger partial charge on any atom is 0.416 e. The van der Waals surface area contributed by atoms with Gasteiger partial charge in [0.1, 0.15) is 0 Å². The molecule has 0 saturated heterocycles. The number of aryl methyl sites for hydroxylation is 1. The molecule has 1 nitrogen and oxygen atoms in total. The number of hydrogen-bond donors (Lipinski definition) is 1. The van der Waals surface area contributed by atoms with Gasteiger partial charge in [-0.3, -0.25) is 0 Å². The summed E-state index contributed by atoms with van der Waals surface area (Å²) in [4.78, 5) is 0.984. The first-order valence-corrected chi connectivity index (χ1v) is 6.26. The van der Waals surface area contributed by atoms with E-state index in [0.29, 0.717) is 12.1 Å². The fraction of sp³-hybridized carbons (Fsp3) is 0.231. The van der Waals surface area contributed by atoms with Gasteiger partial charge in [0.15, 0.2) is 0 Å². The van der Waals surface area contributed by atoms with E-state index in [0.717, 1.165) is 22.1 Å². The van der Waals surface area contributed by atoms with Crippen LogP contribution in [0.1, 0.15) is 16.0 Å². The van der Waals surface area contributed by atoms with Gasteiger partial charge < -0.3 is 5.73 Å². The molecule has 1 heterocycles. The number of alkyl halides is 3. The Morgan fingerprint density at radius 1 is 1.17 bits per heavy atom. The molecule has 2 aromatic rings. The highest BCUT2D eigenvalue weighted by Crippen LogP contribution is 2.35. The first-order valence-electron chi connectivity index (χ1n) is 5.38. The molecule has 0 atom stereocenters. The third kappa shape index (κ3) is 2.42. The van der Waals surface area contributed by atoms with Crippen LogP contribution in [0.2, 0.25) is 0 Å². The molecule has 96 valence electrons. The normalized spacial score (nSPS) is 11.8. The Bertz CT molecular complexity index is 558. The standard InChI is InChI=1S/C13H12F3NS/c1-8-6-9(13(14,15)16)2-3-10(8)11-4-5-18-12(11)7-17/h2-6H,7,17H2,1H3. The summed E-state index contributed by atoms with van der Waals surface area (Å²) in [7, 11) is 0. The van der Waals surface area contributed by atoms with Gasteiger partial charge in [-0.05, 0) is 47.2 Å². The van der Waals surface area contributed by atoms with E-state index in [2.05, 4.69) is 0 Å². The maximum atomic E-state index is 12.6. The fourth-order valence-corrected chi connectivity index (χ4v) is 2.65. The van der Waals surface area contributed by atoms with Gasteiger partial charge in [0, 0.05) is 11.4 Å². The van der Waals surface area contributed by atoms with Crippen LogP contribution in [-0.2, 0) is 12.7 Å². The lowest BCUT2D eigenvalue weighted by molar-refractivity contribution is -0.137. The summed E-state index contributed by atoms with van der Waals surface area (Å²) in [6.45, 7) is 2.08. The van der Waals surface area contributed by atoms with Gasteiger partial charge in [-0.15, -0.1) is 11.3 Å². The van der Waals surface area contributed by atoms with Crippen LogP contribution in [0.15, 0.2) is 29.6 Å². The highest BCUT2D eigenvalue weighted by molar-refractivity contribution is 7.10. The van der Waals surface area contributed by atoms with Crippen molar-refractivity contribution in [3.05, 3.63) is 45.6 Å². The largest absolute Gasteiger partial charge is 0.416 e. The van der Waals surface area contributed by atoms with Crippen molar-refractivity contribution in [1.29, 1.82) is 0 Å². The van der Waals surface area contributed by atoms with Crippen LogP contribution in [0.4, 0.5) is 13.2 Å². The number of nitrogens with two attached hydrogens (primary N) is 1.